The first-order valence-electron chi connectivity index (χ1n) is 8.73. The third-order valence-corrected chi connectivity index (χ3v) is 5.10. The highest BCUT2D eigenvalue weighted by molar-refractivity contribution is 5.82. The van der Waals surface area contributed by atoms with Gasteiger partial charge in [0.05, 0.1) is 6.54 Å². The number of benzene rings is 1. The van der Waals surface area contributed by atoms with Crippen LogP contribution >= 0.6 is 0 Å². The number of carbonyl (C=O) groups is 1. The first-order valence-corrected chi connectivity index (χ1v) is 8.73. The second kappa shape index (κ2) is 7.36. The number of carboxylic acids is 1. The quantitative estimate of drug-likeness (QED) is 0.882. The molecule has 2 heterocycles. The van der Waals surface area contributed by atoms with Gasteiger partial charge in [0.2, 0.25) is 0 Å². The molecule has 130 valence electrons. The normalized spacial score (nSPS) is 17.0. The Morgan fingerprint density at radius 3 is 2.71 bits per heavy atom. The monoisotopic (exact) mass is 330 g/mol. The molecule has 5 heteroatoms. The second-order valence-electron chi connectivity index (χ2n) is 6.60. The molecule has 0 unspecified atom stereocenters. The van der Waals surface area contributed by atoms with Gasteiger partial charge in [-0.1, -0.05) is 25.1 Å². The van der Waals surface area contributed by atoms with Crippen LogP contribution in [0.5, 0.6) is 0 Å². The Kier molecular flexibility index (Phi) is 5.21. The Balaban J connectivity index is 1.63. The summed E-state index contributed by atoms with van der Waals surface area (Å²) in [5, 5.41) is 10.2. The van der Waals surface area contributed by atoms with E-state index in [1.165, 1.54) is 10.9 Å². The number of likely N-dealkylation sites (N-methyl/N-ethyl adjacent to an activating group) is 1. The van der Waals surface area contributed by atoms with Crippen molar-refractivity contribution in [1.82, 2.24) is 9.80 Å². The van der Waals surface area contributed by atoms with Crippen LogP contribution in [0, 0.1) is 6.92 Å². The van der Waals surface area contributed by atoms with Crippen LogP contribution in [0.25, 0.3) is 11.0 Å². The van der Waals surface area contributed by atoms with Crippen LogP contribution in [-0.4, -0.2) is 53.1 Å². The average molecular weight is 330 g/mol. The molecule has 5 nitrogen and oxygen atoms in total. The van der Waals surface area contributed by atoms with Crippen molar-refractivity contribution in [3.8, 4) is 0 Å². The molecule has 0 aliphatic carbocycles. The van der Waals surface area contributed by atoms with Crippen LogP contribution < -0.4 is 0 Å². The third-order valence-electron chi connectivity index (χ3n) is 5.10. The highest BCUT2D eigenvalue weighted by Gasteiger charge is 2.26. The number of piperidine rings is 1. The number of hydrogen-bond donors (Lipinski definition) is 1. The van der Waals surface area contributed by atoms with Crippen molar-refractivity contribution in [2.24, 2.45) is 0 Å². The molecule has 0 spiro atoms. The molecule has 1 aliphatic heterocycles. The summed E-state index contributed by atoms with van der Waals surface area (Å²) in [6.45, 7) is 7.92. The molecule has 0 saturated carbocycles. The van der Waals surface area contributed by atoms with Crippen LogP contribution in [0.2, 0.25) is 0 Å². The number of hydrogen-bond acceptors (Lipinski definition) is 4. The zero-order valence-electron chi connectivity index (χ0n) is 14.5. The Labute approximate surface area is 142 Å². The molecule has 1 saturated heterocycles. The van der Waals surface area contributed by atoms with Crippen LogP contribution in [0.15, 0.2) is 28.7 Å². The zero-order chi connectivity index (χ0) is 17.1. The minimum absolute atomic E-state index is 0.145. The molecule has 0 amide bonds. The molecule has 1 aromatic carbocycles. The van der Waals surface area contributed by atoms with Crippen molar-refractivity contribution < 1.29 is 14.3 Å². The Morgan fingerprint density at radius 1 is 1.33 bits per heavy atom. The minimum Gasteiger partial charge on any atom is -0.480 e. The van der Waals surface area contributed by atoms with Crippen LogP contribution in [0.1, 0.15) is 31.1 Å². The number of aliphatic carboxylic acids is 1. The predicted octanol–water partition coefficient (Wildman–Crippen LogP) is 3.11. The molecule has 3 rings (SSSR count). The fourth-order valence-electron chi connectivity index (χ4n) is 3.76. The first kappa shape index (κ1) is 17.0. The number of nitrogens with zero attached hydrogens (tertiary/aromatic N) is 2. The lowest BCUT2D eigenvalue weighted by molar-refractivity contribution is -0.139. The SMILES string of the molecule is CCN(CC(=O)O)C1CCN(Cc2c(C)oc3ccccc23)CC1. The van der Waals surface area contributed by atoms with E-state index >= 15 is 0 Å². The Hall–Kier alpha value is -1.85. The topological polar surface area (TPSA) is 56.9 Å². The third kappa shape index (κ3) is 3.62. The lowest BCUT2D eigenvalue weighted by Gasteiger charge is -2.37. The first-order chi connectivity index (χ1) is 11.6. The lowest BCUT2D eigenvalue weighted by atomic mass is 10.0. The molecule has 0 bridgehead atoms. The van der Waals surface area contributed by atoms with E-state index in [9.17, 15) is 4.79 Å². The van der Waals surface area contributed by atoms with Gasteiger partial charge in [-0.15, -0.1) is 0 Å². The van der Waals surface area contributed by atoms with Crippen molar-refractivity contribution >= 4 is 16.9 Å². The largest absolute Gasteiger partial charge is 0.480 e. The van der Waals surface area contributed by atoms with Gasteiger partial charge in [-0.3, -0.25) is 14.6 Å². The number of fused-ring (bicyclic) bond motifs is 1. The van der Waals surface area contributed by atoms with Gasteiger partial charge in [-0.25, -0.2) is 0 Å². The second-order valence-corrected chi connectivity index (χ2v) is 6.60. The van der Waals surface area contributed by atoms with E-state index in [1.54, 1.807) is 0 Å². The van der Waals surface area contributed by atoms with Gasteiger partial charge in [-0.2, -0.15) is 0 Å². The van der Waals surface area contributed by atoms with E-state index in [-0.39, 0.29) is 6.54 Å². The van der Waals surface area contributed by atoms with Crippen LogP contribution in [0.4, 0.5) is 0 Å². The maximum Gasteiger partial charge on any atom is 0.317 e. The Morgan fingerprint density at radius 2 is 2.04 bits per heavy atom. The predicted molar refractivity (Wildman–Crippen MR) is 94.1 cm³/mol. The Bertz CT molecular complexity index is 702. The maximum absolute atomic E-state index is 11.0. The summed E-state index contributed by atoms with van der Waals surface area (Å²) in [5.41, 5.74) is 2.24. The summed E-state index contributed by atoms with van der Waals surface area (Å²) in [7, 11) is 0. The lowest BCUT2D eigenvalue weighted by Crippen LogP contribution is -2.46. The highest BCUT2D eigenvalue weighted by atomic mass is 16.4. The minimum atomic E-state index is -0.736. The van der Waals surface area contributed by atoms with Crippen molar-refractivity contribution in [2.45, 2.75) is 39.3 Å². The van der Waals surface area contributed by atoms with Crippen molar-refractivity contribution in [1.29, 1.82) is 0 Å². The van der Waals surface area contributed by atoms with Crippen molar-refractivity contribution in [3.05, 3.63) is 35.6 Å². The summed E-state index contributed by atoms with van der Waals surface area (Å²) < 4.78 is 5.86. The van der Waals surface area contributed by atoms with Crippen molar-refractivity contribution in [3.63, 3.8) is 0 Å². The van der Waals surface area contributed by atoms with E-state index in [2.05, 4.69) is 21.9 Å². The highest BCUT2D eigenvalue weighted by Crippen LogP contribution is 2.27. The van der Waals surface area contributed by atoms with E-state index in [0.717, 1.165) is 50.4 Å². The van der Waals surface area contributed by atoms with Crippen LogP contribution in [0.3, 0.4) is 0 Å². The number of rotatable bonds is 6. The summed E-state index contributed by atoms with van der Waals surface area (Å²) in [6.07, 6.45) is 2.05. The molecule has 1 N–H and O–H groups in total. The van der Waals surface area contributed by atoms with E-state index < -0.39 is 5.97 Å². The summed E-state index contributed by atoms with van der Waals surface area (Å²) >= 11 is 0. The molecule has 1 aromatic heterocycles. The van der Waals surface area contributed by atoms with Crippen molar-refractivity contribution in [2.75, 3.05) is 26.2 Å². The fourth-order valence-corrected chi connectivity index (χ4v) is 3.76. The summed E-state index contributed by atoms with van der Waals surface area (Å²) in [6, 6.07) is 8.58. The van der Waals surface area contributed by atoms with Gasteiger partial charge >= 0.3 is 5.97 Å². The van der Waals surface area contributed by atoms with Gasteiger partial charge in [0.25, 0.3) is 0 Å². The van der Waals surface area contributed by atoms with Gasteiger partial charge in [0, 0.05) is 23.5 Å². The fraction of sp³-hybridized carbons (Fsp3) is 0.526. The number of furan rings is 1. The summed E-state index contributed by atoms with van der Waals surface area (Å²) in [4.78, 5) is 15.5. The van der Waals surface area contributed by atoms with Gasteiger partial charge in [-0.05, 0) is 45.5 Å². The smallest absolute Gasteiger partial charge is 0.317 e. The number of para-hydroxylation sites is 1. The molecule has 0 radical (unpaired) electrons. The molecule has 1 fully saturated rings. The molecule has 0 atom stereocenters. The molecule has 2 aromatic rings. The van der Waals surface area contributed by atoms with Crippen LogP contribution in [-0.2, 0) is 11.3 Å². The molecule has 1 aliphatic rings. The van der Waals surface area contributed by atoms with Gasteiger partial charge < -0.3 is 9.52 Å². The molecule has 24 heavy (non-hydrogen) atoms. The van der Waals surface area contributed by atoms with E-state index in [1.807, 2.05) is 26.0 Å². The zero-order valence-corrected chi connectivity index (χ0v) is 14.5. The average Bonchev–Trinajstić information content (AvgIpc) is 2.89. The maximum atomic E-state index is 11.0. The van der Waals surface area contributed by atoms with E-state index in [0.29, 0.717) is 6.04 Å². The number of likely N-dealkylation sites (tertiary alicyclic amines) is 1. The van der Waals surface area contributed by atoms with E-state index in [4.69, 9.17) is 9.52 Å². The standard InChI is InChI=1S/C19H26N2O3/c1-3-21(13-19(22)23)15-8-10-20(11-9-15)12-17-14(2)24-18-7-5-4-6-16(17)18/h4-7,15H,3,8-13H2,1-2H3,(H,22,23). The molecular formula is C19H26N2O3. The summed E-state index contributed by atoms with van der Waals surface area (Å²) in [5.74, 6) is 0.263. The number of carboxylic acid groups (broad SMARTS) is 1. The molecular weight excluding hydrogens is 304 g/mol. The number of aryl methyl sites for hydroxylation is 1. The van der Waals surface area contributed by atoms with Gasteiger partial charge in [0.1, 0.15) is 11.3 Å². The van der Waals surface area contributed by atoms with Gasteiger partial charge in [0.15, 0.2) is 0 Å².